The molecule has 0 amide bonds. The maximum absolute atomic E-state index is 11.0. The molecule has 0 aliphatic heterocycles. The Bertz CT molecular complexity index is 588. The van der Waals surface area contributed by atoms with Crippen LogP contribution in [0.1, 0.15) is 42.4 Å². The summed E-state index contributed by atoms with van der Waals surface area (Å²) >= 11 is 0. The van der Waals surface area contributed by atoms with Gasteiger partial charge in [0.25, 0.3) is 0 Å². The molecule has 3 nitrogen and oxygen atoms in total. The predicted molar refractivity (Wildman–Crippen MR) is 68.7 cm³/mol. The minimum atomic E-state index is -0.906. The molecular formula is C14H17NO2. The number of aromatic nitrogens is 1. The Kier molecular flexibility index (Phi) is 2.49. The Morgan fingerprint density at radius 2 is 1.94 bits per heavy atom. The lowest BCUT2D eigenvalue weighted by Gasteiger charge is -2.18. The number of hydrogen-bond donors (Lipinski definition) is 2. The van der Waals surface area contributed by atoms with E-state index in [0.29, 0.717) is 0 Å². The number of carbonyl (C=O) groups is 1. The molecule has 2 rings (SSSR count). The zero-order chi connectivity index (χ0) is 12.8. The van der Waals surface area contributed by atoms with Crippen LogP contribution in [-0.2, 0) is 5.41 Å². The smallest absolute Gasteiger partial charge is 0.352 e. The summed E-state index contributed by atoms with van der Waals surface area (Å²) in [7, 11) is 0. The second-order valence-corrected chi connectivity index (χ2v) is 5.44. The van der Waals surface area contributed by atoms with Crippen molar-refractivity contribution in [2.24, 2.45) is 0 Å². The number of carboxylic acids is 1. The standard InChI is InChI=1S/C14H17NO2/c1-8-10-6-5-9(14(2,3)4)7-11(10)15-12(8)13(16)17/h5-7,15H,1-4H3,(H,16,17). The molecule has 0 spiro atoms. The van der Waals surface area contributed by atoms with Gasteiger partial charge in [-0.25, -0.2) is 4.79 Å². The van der Waals surface area contributed by atoms with E-state index in [4.69, 9.17) is 5.11 Å². The van der Waals surface area contributed by atoms with Gasteiger partial charge in [-0.2, -0.15) is 0 Å². The number of aromatic amines is 1. The zero-order valence-electron chi connectivity index (χ0n) is 10.6. The summed E-state index contributed by atoms with van der Waals surface area (Å²) in [6.45, 7) is 8.26. The van der Waals surface area contributed by atoms with E-state index in [1.54, 1.807) is 0 Å². The number of aryl methyl sites for hydroxylation is 1. The van der Waals surface area contributed by atoms with Crippen molar-refractivity contribution in [3.05, 3.63) is 35.0 Å². The van der Waals surface area contributed by atoms with Crippen LogP contribution < -0.4 is 0 Å². The van der Waals surface area contributed by atoms with Gasteiger partial charge in [-0.15, -0.1) is 0 Å². The van der Waals surface area contributed by atoms with E-state index in [-0.39, 0.29) is 11.1 Å². The van der Waals surface area contributed by atoms with Gasteiger partial charge >= 0.3 is 5.97 Å². The molecule has 1 heterocycles. The van der Waals surface area contributed by atoms with E-state index in [1.807, 2.05) is 19.1 Å². The zero-order valence-corrected chi connectivity index (χ0v) is 10.6. The number of carboxylic acid groups (broad SMARTS) is 1. The van der Waals surface area contributed by atoms with Crippen molar-refractivity contribution < 1.29 is 9.90 Å². The highest BCUT2D eigenvalue weighted by Crippen LogP contribution is 2.28. The molecule has 2 aromatic rings. The van der Waals surface area contributed by atoms with Crippen LogP contribution in [0, 0.1) is 6.92 Å². The second-order valence-electron chi connectivity index (χ2n) is 5.44. The Labute approximate surface area is 100 Å². The fourth-order valence-corrected chi connectivity index (χ4v) is 2.02. The highest BCUT2D eigenvalue weighted by Gasteiger charge is 2.17. The van der Waals surface area contributed by atoms with Crippen LogP contribution >= 0.6 is 0 Å². The molecule has 0 bridgehead atoms. The van der Waals surface area contributed by atoms with E-state index in [9.17, 15) is 4.79 Å². The normalized spacial score (nSPS) is 12.0. The van der Waals surface area contributed by atoms with Crippen molar-refractivity contribution in [2.45, 2.75) is 33.1 Å². The van der Waals surface area contributed by atoms with Crippen LogP contribution in [0.3, 0.4) is 0 Å². The van der Waals surface area contributed by atoms with Crippen LogP contribution in [0.15, 0.2) is 18.2 Å². The van der Waals surface area contributed by atoms with Gasteiger partial charge in [0.15, 0.2) is 0 Å². The third kappa shape index (κ3) is 1.93. The first-order valence-electron chi connectivity index (χ1n) is 5.67. The van der Waals surface area contributed by atoms with Crippen molar-refractivity contribution in [1.29, 1.82) is 0 Å². The molecule has 0 aliphatic rings. The summed E-state index contributed by atoms with van der Waals surface area (Å²) in [5.74, 6) is -0.906. The summed E-state index contributed by atoms with van der Waals surface area (Å²) in [5, 5.41) is 10.0. The fraction of sp³-hybridized carbons (Fsp3) is 0.357. The highest BCUT2D eigenvalue weighted by atomic mass is 16.4. The van der Waals surface area contributed by atoms with Crippen LogP contribution in [0.2, 0.25) is 0 Å². The topological polar surface area (TPSA) is 53.1 Å². The summed E-state index contributed by atoms with van der Waals surface area (Å²) in [4.78, 5) is 14.0. The predicted octanol–water partition coefficient (Wildman–Crippen LogP) is 3.47. The van der Waals surface area contributed by atoms with Crippen molar-refractivity contribution in [1.82, 2.24) is 4.98 Å². The maximum Gasteiger partial charge on any atom is 0.352 e. The van der Waals surface area contributed by atoms with Gasteiger partial charge in [-0.3, -0.25) is 0 Å². The van der Waals surface area contributed by atoms with Crippen molar-refractivity contribution in [3.63, 3.8) is 0 Å². The van der Waals surface area contributed by atoms with Crippen molar-refractivity contribution in [3.8, 4) is 0 Å². The minimum absolute atomic E-state index is 0.0661. The van der Waals surface area contributed by atoms with Gasteiger partial charge < -0.3 is 10.1 Å². The number of aromatic carboxylic acids is 1. The molecule has 90 valence electrons. The molecule has 3 heteroatoms. The van der Waals surface area contributed by atoms with Gasteiger partial charge in [0.2, 0.25) is 0 Å². The molecule has 0 fully saturated rings. The molecule has 0 aliphatic carbocycles. The number of H-pyrrole nitrogens is 1. The lowest BCUT2D eigenvalue weighted by molar-refractivity contribution is 0.0691. The van der Waals surface area contributed by atoms with Gasteiger partial charge in [-0.05, 0) is 29.5 Å². The monoisotopic (exact) mass is 231 g/mol. The minimum Gasteiger partial charge on any atom is -0.477 e. The van der Waals surface area contributed by atoms with E-state index < -0.39 is 5.97 Å². The Hall–Kier alpha value is -1.77. The number of benzene rings is 1. The number of rotatable bonds is 1. The first kappa shape index (κ1) is 11.7. The molecular weight excluding hydrogens is 214 g/mol. The molecule has 17 heavy (non-hydrogen) atoms. The molecule has 2 N–H and O–H groups in total. The van der Waals surface area contributed by atoms with Gasteiger partial charge in [0, 0.05) is 10.9 Å². The summed E-state index contributed by atoms with van der Waals surface area (Å²) in [6, 6.07) is 6.10. The molecule has 0 saturated carbocycles. The maximum atomic E-state index is 11.0. The number of hydrogen-bond acceptors (Lipinski definition) is 1. The summed E-state index contributed by atoms with van der Waals surface area (Å²) < 4.78 is 0. The quantitative estimate of drug-likeness (QED) is 0.789. The Morgan fingerprint density at radius 1 is 1.29 bits per heavy atom. The highest BCUT2D eigenvalue weighted by molar-refractivity contribution is 5.97. The lowest BCUT2D eigenvalue weighted by atomic mass is 9.86. The average molecular weight is 231 g/mol. The van der Waals surface area contributed by atoms with E-state index in [2.05, 4.69) is 31.8 Å². The Balaban J connectivity index is 2.68. The molecule has 0 unspecified atom stereocenters. The third-order valence-electron chi connectivity index (χ3n) is 3.14. The number of fused-ring (bicyclic) bond motifs is 1. The molecule has 0 atom stereocenters. The lowest BCUT2D eigenvalue weighted by Crippen LogP contribution is -2.10. The molecule has 1 aromatic carbocycles. The molecule has 0 radical (unpaired) electrons. The third-order valence-corrected chi connectivity index (χ3v) is 3.14. The first-order chi connectivity index (χ1) is 7.80. The number of nitrogens with one attached hydrogen (secondary N) is 1. The summed E-state index contributed by atoms with van der Waals surface area (Å²) in [6.07, 6.45) is 0. The van der Waals surface area contributed by atoms with Gasteiger partial charge in [0.1, 0.15) is 5.69 Å². The summed E-state index contributed by atoms with van der Waals surface area (Å²) in [5.41, 5.74) is 3.24. The van der Waals surface area contributed by atoms with E-state index in [1.165, 1.54) is 5.56 Å². The van der Waals surface area contributed by atoms with Gasteiger partial charge in [0.05, 0.1) is 0 Å². The van der Waals surface area contributed by atoms with Crippen LogP contribution in [0.5, 0.6) is 0 Å². The van der Waals surface area contributed by atoms with E-state index >= 15 is 0 Å². The average Bonchev–Trinajstić information content (AvgIpc) is 2.54. The Morgan fingerprint density at radius 3 is 2.47 bits per heavy atom. The van der Waals surface area contributed by atoms with Crippen LogP contribution in [0.4, 0.5) is 0 Å². The molecule has 1 aromatic heterocycles. The largest absolute Gasteiger partial charge is 0.477 e. The van der Waals surface area contributed by atoms with Crippen LogP contribution in [-0.4, -0.2) is 16.1 Å². The van der Waals surface area contributed by atoms with Crippen LogP contribution in [0.25, 0.3) is 10.9 Å². The van der Waals surface area contributed by atoms with E-state index in [0.717, 1.165) is 16.5 Å². The fourth-order valence-electron chi connectivity index (χ4n) is 2.02. The SMILES string of the molecule is Cc1c(C(=O)O)[nH]c2cc(C(C)(C)C)ccc12. The first-order valence-corrected chi connectivity index (χ1v) is 5.67. The van der Waals surface area contributed by atoms with Crippen molar-refractivity contribution in [2.75, 3.05) is 0 Å². The van der Waals surface area contributed by atoms with Gasteiger partial charge in [-0.1, -0.05) is 32.9 Å². The molecule has 0 saturated heterocycles. The van der Waals surface area contributed by atoms with Crippen molar-refractivity contribution >= 4 is 16.9 Å². The second kappa shape index (κ2) is 3.62.